The molecule has 1 heterocycles. The molecule has 1 saturated carbocycles. The number of carbonyl (C=O) groups excluding carboxylic acids is 1. The van der Waals surface area contributed by atoms with Crippen LogP contribution in [-0.4, -0.2) is 29.4 Å². The number of nitrogens with two attached hydrogens (primary N) is 1. The number of amides is 1. The van der Waals surface area contributed by atoms with E-state index >= 15 is 0 Å². The molecule has 1 amide bonds. The quantitative estimate of drug-likeness (QED) is 0.805. The van der Waals surface area contributed by atoms with Crippen molar-refractivity contribution in [1.29, 1.82) is 0 Å². The highest BCUT2D eigenvalue weighted by molar-refractivity contribution is 5.96. The van der Waals surface area contributed by atoms with Gasteiger partial charge >= 0.3 is 0 Å². The zero-order chi connectivity index (χ0) is 10.8. The molecule has 80 valence electrons. The van der Waals surface area contributed by atoms with Crippen LogP contribution in [0.15, 0.2) is 18.3 Å². The maximum atomic E-state index is 11.9. The first-order valence-corrected chi connectivity index (χ1v) is 5.14. The van der Waals surface area contributed by atoms with Gasteiger partial charge in [-0.25, -0.2) is 4.98 Å². The van der Waals surface area contributed by atoms with Crippen LogP contribution in [0.4, 0.5) is 5.69 Å². The van der Waals surface area contributed by atoms with E-state index in [4.69, 9.17) is 5.73 Å². The number of anilines is 1. The third-order valence-electron chi connectivity index (χ3n) is 2.62. The van der Waals surface area contributed by atoms with Gasteiger partial charge in [0.1, 0.15) is 0 Å². The molecular weight excluding hydrogens is 190 g/mol. The molecule has 0 saturated heterocycles. The lowest BCUT2D eigenvalue weighted by Crippen LogP contribution is -2.30. The first-order chi connectivity index (χ1) is 7.18. The highest BCUT2D eigenvalue weighted by Crippen LogP contribution is 2.29. The van der Waals surface area contributed by atoms with E-state index in [1.54, 1.807) is 30.3 Å². The Bertz CT molecular complexity index is 374. The fourth-order valence-electron chi connectivity index (χ4n) is 1.55. The van der Waals surface area contributed by atoms with Crippen molar-refractivity contribution in [3.63, 3.8) is 0 Å². The first kappa shape index (κ1) is 9.96. The van der Waals surface area contributed by atoms with Gasteiger partial charge in [0.15, 0.2) is 5.69 Å². The van der Waals surface area contributed by atoms with E-state index in [0.29, 0.717) is 17.3 Å². The number of hydrogen-bond donors (Lipinski definition) is 1. The maximum absolute atomic E-state index is 11.9. The monoisotopic (exact) mass is 205 g/mol. The third kappa shape index (κ3) is 2.26. The van der Waals surface area contributed by atoms with Crippen molar-refractivity contribution in [3.8, 4) is 0 Å². The molecule has 2 rings (SSSR count). The highest BCUT2D eigenvalue weighted by Gasteiger charge is 2.26. The smallest absolute Gasteiger partial charge is 0.274 e. The zero-order valence-electron chi connectivity index (χ0n) is 8.81. The van der Waals surface area contributed by atoms with Crippen molar-refractivity contribution in [2.45, 2.75) is 12.8 Å². The van der Waals surface area contributed by atoms with Crippen LogP contribution in [0.25, 0.3) is 0 Å². The van der Waals surface area contributed by atoms with Gasteiger partial charge in [0.25, 0.3) is 5.91 Å². The van der Waals surface area contributed by atoms with E-state index in [9.17, 15) is 4.79 Å². The molecule has 0 bridgehead atoms. The minimum absolute atomic E-state index is 0.0833. The van der Waals surface area contributed by atoms with Gasteiger partial charge < -0.3 is 10.6 Å². The van der Waals surface area contributed by atoms with Crippen LogP contribution in [0.3, 0.4) is 0 Å². The van der Waals surface area contributed by atoms with Crippen LogP contribution >= 0.6 is 0 Å². The maximum Gasteiger partial charge on any atom is 0.274 e. The second-order valence-electron chi connectivity index (χ2n) is 4.07. The molecule has 1 fully saturated rings. The van der Waals surface area contributed by atoms with Gasteiger partial charge in [-0.1, -0.05) is 0 Å². The summed E-state index contributed by atoms with van der Waals surface area (Å²) >= 11 is 0. The largest absolute Gasteiger partial charge is 0.397 e. The summed E-state index contributed by atoms with van der Waals surface area (Å²) in [6.45, 7) is 0.814. The van der Waals surface area contributed by atoms with E-state index in [0.717, 1.165) is 6.54 Å². The molecule has 1 aliphatic rings. The average Bonchev–Trinajstić information content (AvgIpc) is 3.01. The lowest BCUT2D eigenvalue weighted by Gasteiger charge is -2.16. The Kier molecular flexibility index (Phi) is 2.58. The molecule has 1 aromatic rings. The summed E-state index contributed by atoms with van der Waals surface area (Å²) in [4.78, 5) is 17.6. The molecule has 0 atom stereocenters. The number of nitrogen functional groups attached to an aromatic ring is 1. The van der Waals surface area contributed by atoms with Crippen molar-refractivity contribution in [3.05, 3.63) is 24.0 Å². The molecule has 2 N–H and O–H groups in total. The minimum atomic E-state index is -0.0833. The predicted molar refractivity (Wildman–Crippen MR) is 58.3 cm³/mol. The van der Waals surface area contributed by atoms with Crippen LogP contribution in [0.5, 0.6) is 0 Å². The summed E-state index contributed by atoms with van der Waals surface area (Å²) in [6.07, 6.45) is 4.05. The minimum Gasteiger partial charge on any atom is -0.397 e. The molecule has 0 aliphatic heterocycles. The molecule has 0 unspecified atom stereocenters. The van der Waals surface area contributed by atoms with Gasteiger partial charge in [-0.15, -0.1) is 0 Å². The van der Waals surface area contributed by atoms with Gasteiger partial charge in [-0.05, 0) is 30.9 Å². The predicted octanol–water partition coefficient (Wildman–Crippen LogP) is 1.15. The molecular formula is C11H15N3O. The number of nitrogens with zero attached hydrogens (tertiary/aromatic N) is 2. The lowest BCUT2D eigenvalue weighted by molar-refractivity contribution is 0.0784. The van der Waals surface area contributed by atoms with Crippen LogP contribution in [-0.2, 0) is 0 Å². The molecule has 1 aliphatic carbocycles. The lowest BCUT2D eigenvalue weighted by atomic mass is 10.2. The third-order valence-corrected chi connectivity index (χ3v) is 2.62. The Hall–Kier alpha value is -1.58. The van der Waals surface area contributed by atoms with Crippen LogP contribution in [0.2, 0.25) is 0 Å². The second-order valence-corrected chi connectivity index (χ2v) is 4.07. The summed E-state index contributed by atoms with van der Waals surface area (Å²) < 4.78 is 0. The van der Waals surface area contributed by atoms with Gasteiger partial charge in [0.2, 0.25) is 0 Å². The topological polar surface area (TPSA) is 59.2 Å². The van der Waals surface area contributed by atoms with E-state index in [1.807, 2.05) is 0 Å². The van der Waals surface area contributed by atoms with Gasteiger partial charge in [-0.2, -0.15) is 0 Å². The van der Waals surface area contributed by atoms with Gasteiger partial charge in [0.05, 0.1) is 5.69 Å². The number of carbonyl (C=O) groups is 1. The number of hydrogen-bond acceptors (Lipinski definition) is 3. The van der Waals surface area contributed by atoms with Crippen molar-refractivity contribution < 1.29 is 4.79 Å². The summed E-state index contributed by atoms with van der Waals surface area (Å²) in [6, 6.07) is 3.43. The zero-order valence-corrected chi connectivity index (χ0v) is 8.81. The fraction of sp³-hybridized carbons (Fsp3) is 0.455. The Labute approximate surface area is 89.1 Å². The van der Waals surface area contributed by atoms with E-state index in [1.165, 1.54) is 12.8 Å². The van der Waals surface area contributed by atoms with Crippen molar-refractivity contribution in [2.75, 3.05) is 19.3 Å². The average molecular weight is 205 g/mol. The molecule has 0 radical (unpaired) electrons. The Balaban J connectivity index is 2.08. The van der Waals surface area contributed by atoms with Crippen molar-refractivity contribution in [1.82, 2.24) is 9.88 Å². The van der Waals surface area contributed by atoms with Gasteiger partial charge in [0, 0.05) is 19.8 Å². The first-order valence-electron chi connectivity index (χ1n) is 5.14. The number of rotatable bonds is 3. The molecule has 0 spiro atoms. The summed E-state index contributed by atoms with van der Waals surface area (Å²) in [7, 11) is 1.80. The molecule has 1 aromatic heterocycles. The normalized spacial score (nSPS) is 15.0. The van der Waals surface area contributed by atoms with Gasteiger partial charge in [-0.3, -0.25) is 4.79 Å². The standard InChI is InChI=1S/C11H15N3O/c1-14(7-8-4-5-8)11(15)10-9(12)3-2-6-13-10/h2-3,6,8H,4-5,7,12H2,1H3. The molecule has 15 heavy (non-hydrogen) atoms. The Morgan fingerprint density at radius 1 is 1.67 bits per heavy atom. The van der Waals surface area contributed by atoms with Crippen LogP contribution in [0.1, 0.15) is 23.3 Å². The summed E-state index contributed by atoms with van der Waals surface area (Å²) in [5.41, 5.74) is 6.51. The highest BCUT2D eigenvalue weighted by atomic mass is 16.2. The summed E-state index contributed by atoms with van der Waals surface area (Å²) in [5, 5.41) is 0. The van der Waals surface area contributed by atoms with Crippen LogP contribution < -0.4 is 5.73 Å². The van der Waals surface area contributed by atoms with Crippen LogP contribution in [0, 0.1) is 5.92 Å². The van der Waals surface area contributed by atoms with E-state index < -0.39 is 0 Å². The molecule has 0 aromatic carbocycles. The fourth-order valence-corrected chi connectivity index (χ4v) is 1.55. The SMILES string of the molecule is CN(CC1CC1)C(=O)c1ncccc1N. The van der Waals surface area contributed by atoms with E-state index in [2.05, 4.69) is 4.98 Å². The second kappa shape index (κ2) is 3.88. The van der Waals surface area contributed by atoms with Crippen molar-refractivity contribution in [2.24, 2.45) is 5.92 Å². The summed E-state index contributed by atoms with van der Waals surface area (Å²) in [5.74, 6) is 0.601. The van der Waals surface area contributed by atoms with Crippen molar-refractivity contribution >= 4 is 11.6 Å². The molecule has 4 heteroatoms. The Morgan fingerprint density at radius 2 is 2.40 bits per heavy atom. The molecule has 4 nitrogen and oxygen atoms in total. The number of aromatic nitrogens is 1. The Morgan fingerprint density at radius 3 is 3.00 bits per heavy atom. The van der Waals surface area contributed by atoms with E-state index in [-0.39, 0.29) is 5.91 Å². The number of pyridine rings is 1.